The zero-order valence-corrected chi connectivity index (χ0v) is 25.3. The van der Waals surface area contributed by atoms with Gasteiger partial charge >= 0.3 is 13.2 Å². The maximum atomic E-state index is 11.4. The molecule has 4 rings (SSSR count). The highest BCUT2D eigenvalue weighted by Crippen LogP contribution is 2.26. The van der Waals surface area contributed by atoms with Crippen molar-refractivity contribution in [2.24, 2.45) is 11.1 Å². The van der Waals surface area contributed by atoms with Gasteiger partial charge < -0.3 is 35.0 Å². The zero-order valence-electron chi connectivity index (χ0n) is 25.3. The number of nitrogens with zero attached hydrogens (tertiary/aromatic N) is 2. The molecule has 11 nitrogen and oxygen atoms in total. The molecular formula is C29H45BN4O7. The fraction of sp³-hybridized carbons (Fsp3) is 0.586. The van der Waals surface area contributed by atoms with E-state index in [2.05, 4.69) is 10.3 Å². The number of alkyl carbamates (subject to hydrolysis) is 1. The number of likely N-dealkylation sites (N-methyl/N-ethyl adjacent to an activating group) is 1. The molecule has 2 fully saturated rings. The summed E-state index contributed by atoms with van der Waals surface area (Å²) in [5, 5.41) is 13.1. The van der Waals surface area contributed by atoms with Gasteiger partial charge in [-0.05, 0) is 63.5 Å². The molecule has 3 atom stereocenters. The fourth-order valence-corrected chi connectivity index (χ4v) is 4.16. The summed E-state index contributed by atoms with van der Waals surface area (Å²) in [6.07, 6.45) is 4.29. The van der Waals surface area contributed by atoms with Crippen LogP contribution in [0.2, 0.25) is 6.32 Å². The monoisotopic (exact) mass is 572 g/mol. The van der Waals surface area contributed by atoms with Crippen LogP contribution in [0.25, 0.3) is 10.8 Å². The minimum atomic E-state index is -0.561. The van der Waals surface area contributed by atoms with E-state index in [0.717, 1.165) is 36.4 Å². The van der Waals surface area contributed by atoms with E-state index in [9.17, 15) is 14.4 Å². The third-order valence-corrected chi connectivity index (χ3v) is 6.40. The van der Waals surface area contributed by atoms with Crippen LogP contribution in [0.5, 0.6) is 5.88 Å². The van der Waals surface area contributed by atoms with Crippen LogP contribution in [-0.4, -0.2) is 84.3 Å². The number of rotatable bonds is 5. The molecule has 3 heterocycles. The van der Waals surface area contributed by atoms with Gasteiger partial charge in [0.25, 0.3) is 0 Å². The number of aromatic nitrogens is 1. The molecule has 0 spiro atoms. The highest BCUT2D eigenvalue weighted by molar-refractivity contribution is 6.43. The molecule has 2 unspecified atom stereocenters. The summed E-state index contributed by atoms with van der Waals surface area (Å²) in [4.78, 5) is 39.7. The number of primary amides is 1. The fourth-order valence-electron chi connectivity index (χ4n) is 4.16. The van der Waals surface area contributed by atoms with Crippen LogP contribution in [0.1, 0.15) is 54.4 Å². The van der Waals surface area contributed by atoms with Crippen LogP contribution in [0.15, 0.2) is 36.5 Å². The number of carbonyl (C=O) groups excluding carboxylic acids is 3. The molecular weight excluding hydrogens is 527 g/mol. The van der Waals surface area contributed by atoms with Gasteiger partial charge in [0.15, 0.2) is 0 Å². The van der Waals surface area contributed by atoms with Crippen molar-refractivity contribution in [1.82, 2.24) is 15.2 Å². The van der Waals surface area contributed by atoms with Gasteiger partial charge in [-0.1, -0.05) is 39.0 Å². The van der Waals surface area contributed by atoms with Gasteiger partial charge in [-0.3, -0.25) is 9.69 Å². The SMILES string of the molecule is CC(C)(C)OC(=O)NC(C=O)C(C)(C)C.CN1C[C@H](Oc2nccc3ccccc23)CC1C(N)=O.OB1CCCO1. The summed E-state index contributed by atoms with van der Waals surface area (Å²) < 4.78 is 15.7. The summed E-state index contributed by atoms with van der Waals surface area (Å²) in [7, 11) is 1.43. The van der Waals surface area contributed by atoms with E-state index in [1.807, 2.05) is 63.1 Å². The molecule has 2 saturated heterocycles. The number of hydrogen-bond donors (Lipinski definition) is 3. The van der Waals surface area contributed by atoms with Crippen molar-refractivity contribution >= 4 is 36.2 Å². The molecule has 4 N–H and O–H groups in total. The van der Waals surface area contributed by atoms with Crippen molar-refractivity contribution in [3.8, 4) is 5.88 Å². The Morgan fingerprint density at radius 3 is 2.39 bits per heavy atom. The number of pyridine rings is 1. The van der Waals surface area contributed by atoms with Crippen LogP contribution in [0.3, 0.4) is 0 Å². The van der Waals surface area contributed by atoms with E-state index < -0.39 is 24.9 Å². The number of ether oxygens (including phenoxy) is 2. The lowest BCUT2D eigenvalue weighted by atomic mass is 9.88. The minimum Gasteiger partial charge on any atom is -0.472 e. The minimum absolute atomic E-state index is 0.0594. The second-order valence-electron chi connectivity index (χ2n) is 12.3. The highest BCUT2D eigenvalue weighted by atomic mass is 16.6. The van der Waals surface area contributed by atoms with Crippen molar-refractivity contribution in [3.05, 3.63) is 36.5 Å². The molecule has 1 aromatic heterocycles. The number of fused-ring (bicyclic) bond motifs is 1. The molecule has 0 bridgehead atoms. The molecule has 41 heavy (non-hydrogen) atoms. The number of carbonyl (C=O) groups is 3. The van der Waals surface area contributed by atoms with Crippen LogP contribution in [-0.2, 0) is 19.0 Å². The van der Waals surface area contributed by atoms with Crippen LogP contribution >= 0.6 is 0 Å². The first kappa shape index (κ1) is 34.0. The first-order valence-corrected chi connectivity index (χ1v) is 13.8. The maximum Gasteiger partial charge on any atom is 0.454 e. The Bertz CT molecular complexity index is 1140. The Morgan fingerprint density at radius 2 is 1.90 bits per heavy atom. The first-order chi connectivity index (χ1) is 19.1. The predicted octanol–water partition coefficient (Wildman–Crippen LogP) is 3.18. The quantitative estimate of drug-likeness (QED) is 0.362. The van der Waals surface area contributed by atoms with E-state index in [4.69, 9.17) is 24.9 Å². The van der Waals surface area contributed by atoms with Crippen molar-refractivity contribution in [3.63, 3.8) is 0 Å². The number of aldehydes is 1. The van der Waals surface area contributed by atoms with E-state index in [1.54, 1.807) is 27.0 Å². The van der Waals surface area contributed by atoms with Crippen LogP contribution in [0, 0.1) is 5.41 Å². The Labute approximate surface area is 243 Å². The first-order valence-electron chi connectivity index (χ1n) is 13.8. The molecule has 2 aliphatic rings. The lowest BCUT2D eigenvalue weighted by Crippen LogP contribution is -2.46. The van der Waals surface area contributed by atoms with Gasteiger partial charge in [-0.15, -0.1) is 0 Å². The van der Waals surface area contributed by atoms with Crippen molar-refractivity contribution in [2.45, 2.75) is 84.5 Å². The topological polar surface area (TPSA) is 153 Å². The molecule has 2 aromatic rings. The van der Waals surface area contributed by atoms with Crippen LogP contribution < -0.4 is 15.8 Å². The Hall–Kier alpha value is -3.22. The van der Waals surface area contributed by atoms with Gasteiger partial charge in [0.2, 0.25) is 11.8 Å². The third-order valence-electron chi connectivity index (χ3n) is 6.40. The molecule has 2 amide bonds. The number of nitrogens with one attached hydrogen (secondary N) is 1. The lowest BCUT2D eigenvalue weighted by Gasteiger charge is -2.28. The second-order valence-corrected chi connectivity index (χ2v) is 12.3. The summed E-state index contributed by atoms with van der Waals surface area (Å²) >= 11 is 0. The average molecular weight is 573 g/mol. The number of benzene rings is 1. The largest absolute Gasteiger partial charge is 0.472 e. The smallest absolute Gasteiger partial charge is 0.454 e. The van der Waals surface area contributed by atoms with Gasteiger partial charge in [-0.2, -0.15) is 0 Å². The van der Waals surface area contributed by atoms with Crippen molar-refractivity contribution in [1.29, 1.82) is 0 Å². The Balaban J connectivity index is 0.000000246. The molecule has 2 aliphatic heterocycles. The lowest BCUT2D eigenvalue weighted by molar-refractivity contribution is -0.121. The van der Waals surface area contributed by atoms with Crippen molar-refractivity contribution in [2.75, 3.05) is 20.2 Å². The number of hydrogen-bond acceptors (Lipinski definition) is 9. The molecule has 0 aliphatic carbocycles. The second kappa shape index (κ2) is 15.1. The van der Waals surface area contributed by atoms with Crippen LogP contribution in [0.4, 0.5) is 4.79 Å². The zero-order chi connectivity index (χ0) is 30.8. The number of likely N-dealkylation sites (tertiary alicyclic amines) is 1. The van der Waals surface area contributed by atoms with Gasteiger partial charge in [0.1, 0.15) is 18.0 Å². The van der Waals surface area contributed by atoms with Crippen molar-refractivity contribution < 1.29 is 33.5 Å². The average Bonchev–Trinajstić information content (AvgIpc) is 3.50. The predicted molar refractivity (Wildman–Crippen MR) is 158 cm³/mol. The van der Waals surface area contributed by atoms with E-state index in [1.165, 1.54) is 0 Å². The van der Waals surface area contributed by atoms with E-state index >= 15 is 0 Å². The van der Waals surface area contributed by atoms with E-state index in [-0.39, 0.29) is 23.5 Å². The summed E-state index contributed by atoms with van der Waals surface area (Å²) in [5.41, 5.74) is 4.53. The third kappa shape index (κ3) is 11.7. The molecule has 226 valence electrons. The molecule has 0 radical (unpaired) electrons. The molecule has 1 aromatic carbocycles. The number of nitrogens with two attached hydrogens (primary N) is 1. The normalized spacial score (nSPS) is 19.8. The van der Waals surface area contributed by atoms with Gasteiger partial charge in [-0.25, -0.2) is 9.78 Å². The Morgan fingerprint density at radius 1 is 1.22 bits per heavy atom. The van der Waals surface area contributed by atoms with Gasteiger partial charge in [0.05, 0.1) is 12.1 Å². The van der Waals surface area contributed by atoms with E-state index in [0.29, 0.717) is 18.8 Å². The summed E-state index contributed by atoms with van der Waals surface area (Å²) in [6.45, 7) is 12.4. The maximum absolute atomic E-state index is 11.4. The summed E-state index contributed by atoms with van der Waals surface area (Å²) in [5.74, 6) is 0.316. The molecule has 12 heteroatoms. The number of amides is 2. The van der Waals surface area contributed by atoms with Gasteiger partial charge in [0, 0.05) is 31.2 Å². The molecule has 0 saturated carbocycles. The standard InChI is InChI=1S/C15H17N3O2.C11H21NO3.C3H7BO2/c1-18-9-11(8-13(18)14(16)19)20-15-12-5-3-2-4-10(12)6-7-17-15;1-10(2,3)8(7-13)12-9(14)15-11(4,5)6;5-4-2-1-3-6-4/h2-7,11,13H,8-9H2,1H3,(H2,16,19);7-8H,1-6H3,(H,12,14);5H,1-3H2/t11-,13?;;/m1../s1. The highest BCUT2D eigenvalue weighted by Gasteiger charge is 2.35. The Kier molecular flexibility index (Phi) is 12.5. The summed E-state index contributed by atoms with van der Waals surface area (Å²) in [6, 6.07) is 9.12.